The van der Waals surface area contributed by atoms with Crippen LogP contribution in [0.4, 0.5) is 28.9 Å². The fourth-order valence-corrected chi connectivity index (χ4v) is 3.73. The van der Waals surface area contributed by atoms with E-state index < -0.39 is 23.9 Å². The van der Waals surface area contributed by atoms with E-state index in [2.05, 4.69) is 15.4 Å². The van der Waals surface area contributed by atoms with Crippen molar-refractivity contribution < 1.29 is 36.6 Å². The molecule has 2 amide bonds. The monoisotopic (exact) mass is 517 g/mol. The number of morpholine rings is 1. The second-order valence-electron chi connectivity index (χ2n) is 8.23. The second-order valence-corrected chi connectivity index (χ2v) is 8.23. The van der Waals surface area contributed by atoms with Gasteiger partial charge in [-0.3, -0.25) is 14.5 Å². The molecule has 11 heteroatoms. The highest BCUT2D eigenvalue weighted by atomic mass is 19.4. The predicted octanol–water partition coefficient (Wildman–Crippen LogP) is 4.91. The number of amides is 2. The molecular weight excluding hydrogens is 494 g/mol. The van der Waals surface area contributed by atoms with Crippen molar-refractivity contribution in [1.82, 2.24) is 4.90 Å². The maximum Gasteiger partial charge on any atom is 0.573 e. The molecule has 1 fully saturated rings. The van der Waals surface area contributed by atoms with Crippen LogP contribution >= 0.6 is 0 Å². The average Bonchev–Trinajstić information content (AvgIpc) is 2.86. The Bertz CT molecular complexity index is 1240. The Morgan fingerprint density at radius 2 is 1.51 bits per heavy atom. The van der Waals surface area contributed by atoms with Crippen LogP contribution < -0.4 is 15.4 Å². The van der Waals surface area contributed by atoms with Crippen LogP contribution in [0.1, 0.15) is 10.4 Å². The predicted molar refractivity (Wildman–Crippen MR) is 129 cm³/mol. The van der Waals surface area contributed by atoms with Crippen molar-refractivity contribution in [2.24, 2.45) is 0 Å². The molecule has 3 aromatic rings. The molecule has 2 N–H and O–H groups in total. The Morgan fingerprint density at radius 1 is 0.892 bits per heavy atom. The first-order valence-corrected chi connectivity index (χ1v) is 11.3. The van der Waals surface area contributed by atoms with Gasteiger partial charge in [-0.25, -0.2) is 4.39 Å². The van der Waals surface area contributed by atoms with Crippen molar-refractivity contribution in [1.29, 1.82) is 0 Å². The summed E-state index contributed by atoms with van der Waals surface area (Å²) in [5, 5.41) is 5.05. The van der Waals surface area contributed by atoms with E-state index in [1.807, 2.05) is 4.90 Å². The number of halogens is 4. The van der Waals surface area contributed by atoms with Crippen LogP contribution in [0, 0.1) is 5.82 Å². The van der Waals surface area contributed by atoms with Crippen LogP contribution in [0.3, 0.4) is 0 Å². The number of benzene rings is 3. The van der Waals surface area contributed by atoms with Gasteiger partial charge in [0.1, 0.15) is 5.82 Å². The number of nitrogens with one attached hydrogen (secondary N) is 2. The third-order valence-electron chi connectivity index (χ3n) is 5.53. The first-order valence-electron chi connectivity index (χ1n) is 11.3. The van der Waals surface area contributed by atoms with E-state index in [9.17, 15) is 27.2 Å². The normalized spacial score (nSPS) is 14.2. The Kier molecular flexibility index (Phi) is 8.04. The number of ether oxygens (including phenoxy) is 2. The van der Waals surface area contributed by atoms with E-state index in [1.165, 1.54) is 24.3 Å². The Balaban J connectivity index is 1.47. The van der Waals surface area contributed by atoms with Crippen molar-refractivity contribution in [3.8, 4) is 16.9 Å². The molecule has 0 saturated carbocycles. The molecule has 3 aromatic carbocycles. The Labute approximate surface area is 210 Å². The van der Waals surface area contributed by atoms with Gasteiger partial charge in [0.05, 0.1) is 25.4 Å². The van der Waals surface area contributed by atoms with Gasteiger partial charge in [0, 0.05) is 24.3 Å². The molecule has 1 saturated heterocycles. The molecule has 4 rings (SSSR count). The third-order valence-corrected chi connectivity index (χ3v) is 5.53. The Hall–Kier alpha value is -3.96. The largest absolute Gasteiger partial charge is 0.573 e. The highest BCUT2D eigenvalue weighted by molar-refractivity contribution is 6.05. The molecule has 7 nitrogen and oxygen atoms in total. The molecule has 0 radical (unpaired) electrons. The number of rotatable bonds is 7. The summed E-state index contributed by atoms with van der Waals surface area (Å²) in [6, 6.07) is 15.9. The minimum atomic E-state index is -4.97. The molecule has 37 heavy (non-hydrogen) atoms. The molecule has 1 aliphatic rings. The standard InChI is InChI=1S/C26H23F4N3O4/c27-20-7-5-18(6-8-20)17-1-3-19(4-2-17)25(35)31-21-9-10-23(37-26(28,29)30)22(15-21)32-24(34)16-33-11-13-36-14-12-33/h1-10,15H,11-14,16H2,(H,31,35)(H,32,34). The lowest BCUT2D eigenvalue weighted by atomic mass is 10.0. The number of hydrogen-bond acceptors (Lipinski definition) is 5. The molecule has 194 valence electrons. The molecule has 0 bridgehead atoms. The van der Waals surface area contributed by atoms with Gasteiger partial charge in [-0.15, -0.1) is 13.2 Å². The zero-order valence-electron chi connectivity index (χ0n) is 19.5. The van der Waals surface area contributed by atoms with Crippen molar-refractivity contribution >= 4 is 23.2 Å². The molecule has 1 heterocycles. The van der Waals surface area contributed by atoms with Crippen LogP contribution in [0.15, 0.2) is 66.7 Å². The van der Waals surface area contributed by atoms with Crippen LogP contribution in [0.25, 0.3) is 11.1 Å². The number of alkyl halides is 3. The average molecular weight is 517 g/mol. The van der Waals surface area contributed by atoms with E-state index >= 15 is 0 Å². The summed E-state index contributed by atoms with van der Waals surface area (Å²) in [7, 11) is 0. The number of nitrogens with zero attached hydrogens (tertiary/aromatic N) is 1. The molecule has 0 aliphatic carbocycles. The van der Waals surface area contributed by atoms with Crippen molar-refractivity contribution in [3.63, 3.8) is 0 Å². The molecule has 0 atom stereocenters. The summed E-state index contributed by atoms with van der Waals surface area (Å²) in [5.74, 6) is -2.01. The molecular formula is C26H23F4N3O4. The highest BCUT2D eigenvalue weighted by Gasteiger charge is 2.32. The van der Waals surface area contributed by atoms with E-state index in [4.69, 9.17) is 4.74 Å². The first-order chi connectivity index (χ1) is 17.7. The first kappa shape index (κ1) is 26.1. The van der Waals surface area contributed by atoms with Crippen molar-refractivity contribution in [2.75, 3.05) is 43.5 Å². The quantitative estimate of drug-likeness (QED) is 0.436. The highest BCUT2D eigenvalue weighted by Crippen LogP contribution is 2.33. The van der Waals surface area contributed by atoms with Gasteiger partial charge in [0.2, 0.25) is 5.91 Å². The minimum Gasteiger partial charge on any atom is -0.404 e. The lowest BCUT2D eigenvalue weighted by Crippen LogP contribution is -2.41. The van der Waals surface area contributed by atoms with Crippen molar-refractivity contribution in [2.45, 2.75) is 6.36 Å². The molecule has 1 aliphatic heterocycles. The third kappa shape index (κ3) is 7.51. The summed E-state index contributed by atoms with van der Waals surface area (Å²) in [6.07, 6.45) is -4.97. The van der Waals surface area contributed by atoms with E-state index in [-0.39, 0.29) is 23.7 Å². The maximum atomic E-state index is 13.1. The van der Waals surface area contributed by atoms with Gasteiger partial charge >= 0.3 is 6.36 Å². The topological polar surface area (TPSA) is 79.9 Å². The smallest absolute Gasteiger partial charge is 0.404 e. The van der Waals surface area contributed by atoms with E-state index in [1.54, 1.807) is 36.4 Å². The van der Waals surface area contributed by atoms with E-state index in [0.717, 1.165) is 17.2 Å². The summed E-state index contributed by atoms with van der Waals surface area (Å²) in [4.78, 5) is 27.0. The van der Waals surface area contributed by atoms with Gasteiger partial charge in [-0.05, 0) is 53.6 Å². The maximum absolute atomic E-state index is 13.1. The number of hydrogen-bond donors (Lipinski definition) is 2. The van der Waals surface area contributed by atoms with Crippen LogP contribution in [-0.4, -0.2) is 55.9 Å². The van der Waals surface area contributed by atoms with Gasteiger partial charge in [0.15, 0.2) is 5.75 Å². The summed E-state index contributed by atoms with van der Waals surface area (Å²) < 4.78 is 61.1. The van der Waals surface area contributed by atoms with Gasteiger partial charge in [-0.2, -0.15) is 0 Å². The van der Waals surface area contributed by atoms with Crippen molar-refractivity contribution in [3.05, 3.63) is 78.1 Å². The van der Waals surface area contributed by atoms with Crippen LogP contribution in [-0.2, 0) is 9.53 Å². The van der Waals surface area contributed by atoms with E-state index in [0.29, 0.717) is 31.9 Å². The van der Waals surface area contributed by atoms with Crippen LogP contribution in [0.2, 0.25) is 0 Å². The lowest BCUT2D eigenvalue weighted by molar-refractivity contribution is -0.274. The summed E-state index contributed by atoms with van der Waals surface area (Å²) in [5.41, 5.74) is 1.75. The molecule has 0 spiro atoms. The van der Waals surface area contributed by atoms with Gasteiger partial charge in [-0.1, -0.05) is 24.3 Å². The molecule has 0 aromatic heterocycles. The number of carbonyl (C=O) groups excluding carboxylic acids is 2. The summed E-state index contributed by atoms with van der Waals surface area (Å²) >= 11 is 0. The number of anilines is 2. The van der Waals surface area contributed by atoms with Crippen LogP contribution in [0.5, 0.6) is 5.75 Å². The zero-order valence-corrected chi connectivity index (χ0v) is 19.5. The van der Waals surface area contributed by atoms with Gasteiger partial charge in [0.25, 0.3) is 5.91 Å². The molecule has 0 unspecified atom stereocenters. The second kappa shape index (κ2) is 11.4. The fraction of sp³-hybridized carbons (Fsp3) is 0.231. The zero-order chi connectivity index (χ0) is 26.4. The number of carbonyl (C=O) groups is 2. The lowest BCUT2D eigenvalue weighted by Gasteiger charge is -2.26. The summed E-state index contributed by atoms with van der Waals surface area (Å²) in [6.45, 7) is 1.93. The fourth-order valence-electron chi connectivity index (χ4n) is 3.73. The minimum absolute atomic E-state index is 0.0359. The SMILES string of the molecule is O=C(CN1CCOCC1)Nc1cc(NC(=O)c2ccc(-c3ccc(F)cc3)cc2)ccc1OC(F)(F)F. The Morgan fingerprint density at radius 3 is 2.14 bits per heavy atom. The van der Waals surface area contributed by atoms with Gasteiger partial charge < -0.3 is 20.1 Å².